The van der Waals surface area contributed by atoms with Crippen LogP contribution in [0.5, 0.6) is 0 Å². The molecule has 0 bridgehead atoms. The van der Waals surface area contributed by atoms with E-state index < -0.39 is 11.6 Å². The molecule has 0 saturated carbocycles. The Labute approximate surface area is 86.4 Å². The number of hydrogen-bond acceptors (Lipinski definition) is 3. The second-order valence-corrected chi connectivity index (χ2v) is 3.93. The summed E-state index contributed by atoms with van der Waals surface area (Å²) in [6.45, 7) is 7.50. The summed E-state index contributed by atoms with van der Waals surface area (Å²) < 4.78 is 5.09. The van der Waals surface area contributed by atoms with Gasteiger partial charge in [0.1, 0.15) is 11.6 Å². The lowest BCUT2D eigenvalue weighted by Gasteiger charge is -2.21. The van der Waals surface area contributed by atoms with Gasteiger partial charge in [-0.3, -0.25) is 4.79 Å². The molecule has 80 valence electrons. The van der Waals surface area contributed by atoms with Crippen molar-refractivity contribution in [1.82, 2.24) is 0 Å². The molecule has 0 aliphatic carbocycles. The molecule has 2 N–H and O–H groups in total. The SMILES string of the molecule is CCC[C@@H](N)C(=O)OC(C)(C)C.Cl. The number of rotatable bonds is 3. The molecule has 0 unspecified atom stereocenters. The third kappa shape index (κ3) is 8.06. The highest BCUT2D eigenvalue weighted by Crippen LogP contribution is 2.09. The summed E-state index contributed by atoms with van der Waals surface area (Å²) in [6.07, 6.45) is 1.59. The molecule has 13 heavy (non-hydrogen) atoms. The van der Waals surface area contributed by atoms with E-state index in [0.717, 1.165) is 6.42 Å². The first kappa shape index (κ1) is 15.2. The van der Waals surface area contributed by atoms with Gasteiger partial charge in [-0.2, -0.15) is 0 Å². The van der Waals surface area contributed by atoms with Crippen molar-refractivity contribution in [2.24, 2.45) is 5.73 Å². The van der Waals surface area contributed by atoms with Crippen LogP contribution in [0.3, 0.4) is 0 Å². The Bertz CT molecular complexity index is 154. The smallest absolute Gasteiger partial charge is 0.323 e. The molecule has 0 aromatic rings. The molecule has 0 radical (unpaired) electrons. The van der Waals surface area contributed by atoms with Crippen molar-refractivity contribution in [2.75, 3.05) is 0 Å². The van der Waals surface area contributed by atoms with Gasteiger partial charge < -0.3 is 10.5 Å². The minimum Gasteiger partial charge on any atom is -0.459 e. The first-order valence-electron chi connectivity index (χ1n) is 4.35. The zero-order valence-corrected chi connectivity index (χ0v) is 9.61. The van der Waals surface area contributed by atoms with E-state index in [0.29, 0.717) is 6.42 Å². The Hall–Kier alpha value is -0.280. The Kier molecular flexibility index (Phi) is 7.27. The van der Waals surface area contributed by atoms with Gasteiger partial charge in [-0.25, -0.2) is 0 Å². The molecule has 0 rings (SSSR count). The molecule has 0 heterocycles. The lowest BCUT2D eigenvalue weighted by molar-refractivity contribution is -0.156. The van der Waals surface area contributed by atoms with Crippen molar-refractivity contribution >= 4 is 18.4 Å². The number of hydrogen-bond donors (Lipinski definition) is 1. The van der Waals surface area contributed by atoms with Crippen LogP contribution in [0.4, 0.5) is 0 Å². The Morgan fingerprint density at radius 1 is 1.46 bits per heavy atom. The molecule has 1 atom stereocenters. The van der Waals surface area contributed by atoms with Crippen molar-refractivity contribution in [1.29, 1.82) is 0 Å². The second-order valence-electron chi connectivity index (χ2n) is 3.93. The molecule has 3 nitrogen and oxygen atoms in total. The number of carbonyl (C=O) groups is 1. The summed E-state index contributed by atoms with van der Waals surface area (Å²) in [6, 6.07) is -0.464. The third-order valence-electron chi connectivity index (χ3n) is 1.31. The first-order chi connectivity index (χ1) is 5.37. The maximum absolute atomic E-state index is 11.2. The highest BCUT2D eigenvalue weighted by Gasteiger charge is 2.20. The number of esters is 1. The summed E-state index contributed by atoms with van der Waals surface area (Å²) >= 11 is 0. The van der Waals surface area contributed by atoms with Crippen LogP contribution in [0.2, 0.25) is 0 Å². The van der Waals surface area contributed by atoms with E-state index in [1.165, 1.54) is 0 Å². The summed E-state index contributed by atoms with van der Waals surface area (Å²) in [5.74, 6) is -0.302. The predicted molar refractivity (Wildman–Crippen MR) is 56.0 cm³/mol. The monoisotopic (exact) mass is 209 g/mol. The summed E-state index contributed by atoms with van der Waals surface area (Å²) in [5, 5.41) is 0. The van der Waals surface area contributed by atoms with Gasteiger partial charge in [-0.05, 0) is 27.2 Å². The largest absolute Gasteiger partial charge is 0.459 e. The predicted octanol–water partition coefficient (Wildman–Crippen LogP) is 1.88. The van der Waals surface area contributed by atoms with Crippen molar-refractivity contribution in [3.05, 3.63) is 0 Å². The third-order valence-corrected chi connectivity index (χ3v) is 1.31. The van der Waals surface area contributed by atoms with Gasteiger partial charge in [0, 0.05) is 0 Å². The molecule has 4 heteroatoms. The zero-order chi connectivity index (χ0) is 9.78. The van der Waals surface area contributed by atoms with Crippen LogP contribution in [0.15, 0.2) is 0 Å². The van der Waals surface area contributed by atoms with E-state index >= 15 is 0 Å². The van der Waals surface area contributed by atoms with Crippen LogP contribution < -0.4 is 5.73 Å². The topological polar surface area (TPSA) is 52.3 Å². The van der Waals surface area contributed by atoms with Crippen LogP contribution in [-0.2, 0) is 9.53 Å². The van der Waals surface area contributed by atoms with E-state index in [2.05, 4.69) is 0 Å². The fourth-order valence-corrected chi connectivity index (χ4v) is 0.806. The number of ether oxygens (including phenoxy) is 1. The minimum absolute atomic E-state index is 0. The van der Waals surface area contributed by atoms with E-state index in [1.54, 1.807) is 0 Å². The summed E-state index contributed by atoms with van der Waals surface area (Å²) in [5.41, 5.74) is 5.13. The molecule has 0 saturated heterocycles. The van der Waals surface area contributed by atoms with Crippen LogP contribution in [0.25, 0.3) is 0 Å². The van der Waals surface area contributed by atoms with Gasteiger partial charge in [-0.15, -0.1) is 12.4 Å². The summed E-state index contributed by atoms with van der Waals surface area (Å²) in [7, 11) is 0. The van der Waals surface area contributed by atoms with Crippen molar-refractivity contribution in [2.45, 2.75) is 52.2 Å². The highest BCUT2D eigenvalue weighted by atomic mass is 35.5. The standard InChI is InChI=1S/C9H19NO2.ClH/c1-5-6-7(10)8(11)12-9(2,3)4;/h7H,5-6,10H2,1-4H3;1H/t7-;/m1./s1. The molecule has 0 aromatic carbocycles. The lowest BCUT2D eigenvalue weighted by Crippen LogP contribution is -2.37. The van der Waals surface area contributed by atoms with Crippen molar-refractivity contribution < 1.29 is 9.53 Å². The van der Waals surface area contributed by atoms with E-state index in [4.69, 9.17) is 10.5 Å². The van der Waals surface area contributed by atoms with E-state index in [9.17, 15) is 4.79 Å². The number of halogens is 1. The normalized spacial score (nSPS) is 13.0. The van der Waals surface area contributed by atoms with Crippen molar-refractivity contribution in [3.63, 3.8) is 0 Å². The second kappa shape index (κ2) is 6.22. The number of carbonyl (C=O) groups excluding carboxylic acids is 1. The van der Waals surface area contributed by atoms with Gasteiger partial charge >= 0.3 is 5.97 Å². The minimum atomic E-state index is -0.464. The molecule has 0 amide bonds. The maximum atomic E-state index is 11.2. The molecule has 0 spiro atoms. The lowest BCUT2D eigenvalue weighted by atomic mass is 10.1. The van der Waals surface area contributed by atoms with Crippen LogP contribution in [0, 0.1) is 0 Å². The van der Waals surface area contributed by atoms with E-state index in [-0.39, 0.29) is 18.4 Å². The fraction of sp³-hybridized carbons (Fsp3) is 0.889. The first-order valence-corrected chi connectivity index (χ1v) is 4.35. The van der Waals surface area contributed by atoms with E-state index in [1.807, 2.05) is 27.7 Å². The van der Waals surface area contributed by atoms with Crippen molar-refractivity contribution in [3.8, 4) is 0 Å². The van der Waals surface area contributed by atoms with Gasteiger partial charge in [-0.1, -0.05) is 13.3 Å². The summed E-state index contributed by atoms with van der Waals surface area (Å²) in [4.78, 5) is 11.2. The molecule has 0 fully saturated rings. The van der Waals surface area contributed by atoms with Crippen LogP contribution in [0.1, 0.15) is 40.5 Å². The molecular formula is C9H20ClNO2. The quantitative estimate of drug-likeness (QED) is 0.723. The molecule has 0 aliphatic rings. The zero-order valence-electron chi connectivity index (χ0n) is 8.79. The highest BCUT2D eigenvalue weighted by molar-refractivity contribution is 5.85. The fourth-order valence-electron chi connectivity index (χ4n) is 0.806. The van der Waals surface area contributed by atoms with Crippen LogP contribution >= 0.6 is 12.4 Å². The van der Waals surface area contributed by atoms with Crippen LogP contribution in [-0.4, -0.2) is 17.6 Å². The van der Waals surface area contributed by atoms with Gasteiger partial charge in [0.25, 0.3) is 0 Å². The van der Waals surface area contributed by atoms with Gasteiger partial charge in [0.15, 0.2) is 0 Å². The average molecular weight is 210 g/mol. The molecule has 0 aromatic heterocycles. The Balaban J connectivity index is 0. The molecule has 0 aliphatic heterocycles. The average Bonchev–Trinajstić information content (AvgIpc) is 1.84. The Morgan fingerprint density at radius 3 is 2.23 bits per heavy atom. The maximum Gasteiger partial charge on any atom is 0.323 e. The Morgan fingerprint density at radius 2 is 1.92 bits per heavy atom. The van der Waals surface area contributed by atoms with Gasteiger partial charge in [0.2, 0.25) is 0 Å². The number of nitrogens with two attached hydrogens (primary N) is 1. The molecular weight excluding hydrogens is 190 g/mol. The van der Waals surface area contributed by atoms with Gasteiger partial charge in [0.05, 0.1) is 0 Å².